The highest BCUT2D eigenvalue weighted by Gasteiger charge is 2.25. The zero-order chi connectivity index (χ0) is 15.4. The molecule has 2 aliphatic heterocycles. The Morgan fingerprint density at radius 3 is 2.32 bits per heavy atom. The summed E-state index contributed by atoms with van der Waals surface area (Å²) in [6.45, 7) is 6.69. The summed E-state index contributed by atoms with van der Waals surface area (Å²) in [5, 5.41) is 15.2. The predicted octanol–water partition coefficient (Wildman–Crippen LogP) is 0.655. The molecule has 1 aromatic rings. The van der Waals surface area contributed by atoms with Gasteiger partial charge in [-0.05, 0) is 50.2 Å². The standard InChI is InChI=1S/C16H25N5O/c17-16(19-22)13-1-3-14(4-2-13)20-9-11-21(12-10-20)15-5-7-18-8-6-15/h1-4,15,18,22H,5-12H2,(H2,17,19). The van der Waals surface area contributed by atoms with Crippen LogP contribution in [0.25, 0.3) is 0 Å². The summed E-state index contributed by atoms with van der Waals surface area (Å²) in [7, 11) is 0. The van der Waals surface area contributed by atoms with Crippen LogP contribution in [-0.4, -0.2) is 61.3 Å². The molecule has 22 heavy (non-hydrogen) atoms. The minimum absolute atomic E-state index is 0.155. The lowest BCUT2D eigenvalue weighted by atomic mass is 10.0. The first kappa shape index (κ1) is 15.1. The summed E-state index contributed by atoms with van der Waals surface area (Å²) in [6.07, 6.45) is 2.54. The monoisotopic (exact) mass is 303 g/mol. The van der Waals surface area contributed by atoms with Crippen molar-refractivity contribution in [1.29, 1.82) is 0 Å². The number of amidine groups is 1. The van der Waals surface area contributed by atoms with E-state index in [9.17, 15) is 0 Å². The first-order valence-corrected chi connectivity index (χ1v) is 8.05. The number of nitrogens with one attached hydrogen (secondary N) is 1. The molecule has 6 nitrogen and oxygen atoms in total. The third kappa shape index (κ3) is 3.34. The normalized spacial score (nSPS) is 22.0. The van der Waals surface area contributed by atoms with E-state index in [0.717, 1.165) is 50.9 Å². The zero-order valence-electron chi connectivity index (χ0n) is 12.9. The van der Waals surface area contributed by atoms with Crippen LogP contribution in [0.4, 0.5) is 5.69 Å². The van der Waals surface area contributed by atoms with Crippen LogP contribution in [-0.2, 0) is 0 Å². The maximum atomic E-state index is 8.70. The molecule has 0 spiro atoms. The average Bonchev–Trinajstić information content (AvgIpc) is 2.62. The minimum atomic E-state index is 0.155. The Labute approximate surface area is 131 Å². The van der Waals surface area contributed by atoms with Crippen LogP contribution in [0.3, 0.4) is 0 Å². The van der Waals surface area contributed by atoms with Gasteiger partial charge in [-0.3, -0.25) is 4.90 Å². The molecule has 6 heteroatoms. The largest absolute Gasteiger partial charge is 0.409 e. The van der Waals surface area contributed by atoms with E-state index in [0.29, 0.717) is 0 Å². The van der Waals surface area contributed by atoms with Crippen LogP contribution in [0.2, 0.25) is 0 Å². The average molecular weight is 303 g/mol. The molecule has 0 aliphatic carbocycles. The van der Waals surface area contributed by atoms with Crippen molar-refractivity contribution in [2.75, 3.05) is 44.2 Å². The van der Waals surface area contributed by atoms with Gasteiger partial charge >= 0.3 is 0 Å². The summed E-state index contributed by atoms with van der Waals surface area (Å²) in [5.74, 6) is 0.155. The maximum Gasteiger partial charge on any atom is 0.170 e. The lowest BCUT2D eigenvalue weighted by Gasteiger charge is -2.41. The van der Waals surface area contributed by atoms with E-state index in [-0.39, 0.29) is 5.84 Å². The van der Waals surface area contributed by atoms with Crippen LogP contribution in [0.5, 0.6) is 0 Å². The Morgan fingerprint density at radius 1 is 1.09 bits per heavy atom. The second-order valence-electron chi connectivity index (χ2n) is 6.04. The Balaban J connectivity index is 1.56. The van der Waals surface area contributed by atoms with Gasteiger partial charge < -0.3 is 21.2 Å². The van der Waals surface area contributed by atoms with Crippen molar-refractivity contribution in [2.24, 2.45) is 10.9 Å². The van der Waals surface area contributed by atoms with Gasteiger partial charge in [0.1, 0.15) is 0 Å². The van der Waals surface area contributed by atoms with Crippen molar-refractivity contribution < 1.29 is 5.21 Å². The summed E-state index contributed by atoms with van der Waals surface area (Å²) in [4.78, 5) is 5.05. The number of rotatable bonds is 3. The van der Waals surface area contributed by atoms with Gasteiger partial charge in [0.2, 0.25) is 0 Å². The van der Waals surface area contributed by atoms with E-state index in [4.69, 9.17) is 10.9 Å². The predicted molar refractivity (Wildman–Crippen MR) is 88.6 cm³/mol. The van der Waals surface area contributed by atoms with Gasteiger partial charge in [-0.2, -0.15) is 0 Å². The van der Waals surface area contributed by atoms with E-state index in [1.807, 2.05) is 24.3 Å². The Kier molecular flexibility index (Phi) is 4.80. The van der Waals surface area contributed by atoms with Crippen LogP contribution in [0.15, 0.2) is 29.4 Å². The Hall–Kier alpha value is -1.79. The van der Waals surface area contributed by atoms with Gasteiger partial charge in [-0.1, -0.05) is 5.16 Å². The highest BCUT2D eigenvalue weighted by molar-refractivity contribution is 5.97. The number of hydrogen-bond donors (Lipinski definition) is 3. The highest BCUT2D eigenvalue weighted by atomic mass is 16.4. The first-order chi connectivity index (χ1) is 10.8. The lowest BCUT2D eigenvalue weighted by Crippen LogP contribution is -2.52. The molecule has 1 aromatic carbocycles. The molecule has 0 aromatic heterocycles. The van der Waals surface area contributed by atoms with E-state index in [1.165, 1.54) is 18.5 Å². The van der Waals surface area contributed by atoms with Gasteiger partial charge in [-0.15, -0.1) is 0 Å². The number of piperazine rings is 1. The molecule has 2 aliphatic rings. The van der Waals surface area contributed by atoms with E-state index in [1.54, 1.807) is 0 Å². The minimum Gasteiger partial charge on any atom is -0.409 e. The molecule has 0 saturated carbocycles. The molecule has 2 saturated heterocycles. The lowest BCUT2D eigenvalue weighted by molar-refractivity contribution is 0.153. The fraction of sp³-hybridized carbons (Fsp3) is 0.562. The maximum absolute atomic E-state index is 8.70. The molecule has 0 amide bonds. The zero-order valence-corrected chi connectivity index (χ0v) is 12.9. The molecule has 0 unspecified atom stereocenters. The number of piperidine rings is 1. The number of nitrogens with zero attached hydrogens (tertiary/aromatic N) is 3. The van der Waals surface area contributed by atoms with E-state index < -0.39 is 0 Å². The summed E-state index contributed by atoms with van der Waals surface area (Å²) in [5.41, 5.74) is 7.56. The van der Waals surface area contributed by atoms with Crippen LogP contribution in [0, 0.1) is 0 Å². The topological polar surface area (TPSA) is 77.1 Å². The number of oxime groups is 1. The fourth-order valence-corrected chi connectivity index (χ4v) is 3.42. The van der Waals surface area contributed by atoms with Gasteiger partial charge in [0.25, 0.3) is 0 Å². The molecule has 0 bridgehead atoms. The Bertz CT molecular complexity index is 502. The van der Waals surface area contributed by atoms with Crippen LogP contribution in [0.1, 0.15) is 18.4 Å². The van der Waals surface area contributed by atoms with Gasteiger partial charge in [-0.25, -0.2) is 0 Å². The number of benzene rings is 1. The van der Waals surface area contributed by atoms with Gasteiger partial charge in [0, 0.05) is 43.5 Å². The second-order valence-corrected chi connectivity index (χ2v) is 6.04. The van der Waals surface area contributed by atoms with Crippen LogP contribution < -0.4 is 16.0 Å². The first-order valence-electron chi connectivity index (χ1n) is 8.05. The summed E-state index contributed by atoms with van der Waals surface area (Å²) in [6, 6.07) is 8.67. The molecular weight excluding hydrogens is 278 g/mol. The smallest absolute Gasteiger partial charge is 0.170 e. The third-order valence-electron chi connectivity index (χ3n) is 4.78. The molecular formula is C16H25N5O. The van der Waals surface area contributed by atoms with Crippen molar-refractivity contribution in [2.45, 2.75) is 18.9 Å². The third-order valence-corrected chi connectivity index (χ3v) is 4.78. The molecule has 0 atom stereocenters. The number of nitrogens with two attached hydrogens (primary N) is 1. The molecule has 120 valence electrons. The molecule has 3 rings (SSSR count). The highest BCUT2D eigenvalue weighted by Crippen LogP contribution is 2.20. The molecule has 2 fully saturated rings. The van der Waals surface area contributed by atoms with E-state index in [2.05, 4.69) is 20.3 Å². The fourth-order valence-electron chi connectivity index (χ4n) is 3.42. The van der Waals surface area contributed by atoms with Crippen molar-refractivity contribution in [3.8, 4) is 0 Å². The summed E-state index contributed by atoms with van der Waals surface area (Å²) >= 11 is 0. The van der Waals surface area contributed by atoms with E-state index >= 15 is 0 Å². The van der Waals surface area contributed by atoms with Crippen molar-refractivity contribution in [3.05, 3.63) is 29.8 Å². The van der Waals surface area contributed by atoms with Crippen molar-refractivity contribution in [1.82, 2.24) is 10.2 Å². The van der Waals surface area contributed by atoms with Crippen LogP contribution >= 0.6 is 0 Å². The van der Waals surface area contributed by atoms with Gasteiger partial charge in [0.15, 0.2) is 5.84 Å². The van der Waals surface area contributed by atoms with Crippen molar-refractivity contribution in [3.63, 3.8) is 0 Å². The van der Waals surface area contributed by atoms with Gasteiger partial charge in [0.05, 0.1) is 0 Å². The second kappa shape index (κ2) is 6.98. The Morgan fingerprint density at radius 2 is 1.73 bits per heavy atom. The quantitative estimate of drug-likeness (QED) is 0.331. The number of anilines is 1. The molecule has 2 heterocycles. The van der Waals surface area contributed by atoms with Crippen molar-refractivity contribution >= 4 is 11.5 Å². The molecule has 4 N–H and O–H groups in total. The summed E-state index contributed by atoms with van der Waals surface area (Å²) < 4.78 is 0. The SMILES string of the molecule is NC(=NO)c1ccc(N2CCN(C3CCNCC3)CC2)cc1. The molecule has 0 radical (unpaired) electrons. The number of hydrogen-bond acceptors (Lipinski definition) is 5.